The third-order valence-corrected chi connectivity index (χ3v) is 6.31. The summed E-state index contributed by atoms with van der Waals surface area (Å²) in [5.74, 6) is 0.248. The predicted octanol–water partition coefficient (Wildman–Crippen LogP) is 5.77. The van der Waals surface area contributed by atoms with Crippen LogP contribution in [0, 0.1) is 13.8 Å². The molecule has 0 unspecified atom stereocenters. The fraction of sp³-hybridized carbons (Fsp3) is 0.318. The molecule has 0 spiro atoms. The second-order valence-corrected chi connectivity index (χ2v) is 8.97. The molecule has 1 amide bonds. The monoisotopic (exact) mass is 457 g/mol. The van der Waals surface area contributed by atoms with E-state index in [9.17, 15) is 4.79 Å². The van der Waals surface area contributed by atoms with Gasteiger partial charge in [0.1, 0.15) is 10.7 Å². The number of aryl methyl sites for hydroxylation is 2. The molecule has 1 aliphatic rings. The summed E-state index contributed by atoms with van der Waals surface area (Å²) in [4.78, 5) is 22.1. The number of hydrogen-bond donors (Lipinski definition) is 1. The first-order valence-corrected chi connectivity index (χ1v) is 11.0. The number of nitrogens with one attached hydrogen (secondary N) is 1. The molecule has 0 radical (unpaired) electrons. The van der Waals surface area contributed by atoms with Crippen LogP contribution >= 0.6 is 27.7 Å². The van der Waals surface area contributed by atoms with Crippen LogP contribution in [0.5, 0.6) is 0 Å². The van der Waals surface area contributed by atoms with Gasteiger partial charge in [-0.15, -0.1) is 0 Å². The van der Waals surface area contributed by atoms with Crippen molar-refractivity contribution in [2.24, 2.45) is 9.98 Å². The summed E-state index contributed by atoms with van der Waals surface area (Å²) in [6, 6.07) is 14.0. The van der Waals surface area contributed by atoms with Crippen molar-refractivity contribution >= 4 is 50.0 Å². The van der Waals surface area contributed by atoms with Crippen LogP contribution in [0.25, 0.3) is 0 Å². The molecule has 1 atom stereocenters. The molecule has 28 heavy (non-hydrogen) atoms. The number of hydrogen-bond acceptors (Lipinski definition) is 4. The maximum absolute atomic E-state index is 12.5. The number of carbonyl (C=O) groups is 1. The van der Waals surface area contributed by atoms with E-state index in [0.29, 0.717) is 5.75 Å². The maximum Gasteiger partial charge on any atom is 0.234 e. The maximum atomic E-state index is 12.5. The van der Waals surface area contributed by atoms with Gasteiger partial charge in [0.05, 0.1) is 11.5 Å². The summed E-state index contributed by atoms with van der Waals surface area (Å²) < 4.78 is 1.02. The Morgan fingerprint density at radius 3 is 2.46 bits per heavy atom. The molecular weight excluding hydrogens is 434 g/mol. The molecule has 4 nitrogen and oxygen atoms in total. The molecule has 0 fully saturated rings. The van der Waals surface area contributed by atoms with Crippen molar-refractivity contribution in [1.29, 1.82) is 0 Å². The molecule has 1 N–H and O–H groups in total. The highest BCUT2D eigenvalue weighted by Gasteiger charge is 2.31. The molecule has 2 aromatic rings. The second kappa shape index (κ2) is 8.62. The Labute approximate surface area is 179 Å². The van der Waals surface area contributed by atoms with E-state index in [1.807, 2.05) is 56.3 Å². The molecule has 146 valence electrons. The number of carbonyl (C=O) groups excluding carboxylic acids is 1. The average molecular weight is 458 g/mol. The zero-order valence-corrected chi connectivity index (χ0v) is 18.9. The van der Waals surface area contributed by atoms with Crippen molar-refractivity contribution in [3.05, 3.63) is 63.6 Å². The van der Waals surface area contributed by atoms with E-state index >= 15 is 0 Å². The SMILES string of the molecule is CC[C@]1(C)N=C(SCC(=O)Nc2ccc(C)c(C)c2)C(c2ccc(Br)cc2)=N1. The normalized spacial score (nSPS) is 18.6. The highest BCUT2D eigenvalue weighted by molar-refractivity contribution is 9.10. The van der Waals surface area contributed by atoms with E-state index in [1.165, 1.54) is 17.3 Å². The third-order valence-electron chi connectivity index (χ3n) is 4.82. The molecule has 3 rings (SSSR count). The lowest BCUT2D eigenvalue weighted by Gasteiger charge is -2.13. The molecule has 1 aliphatic heterocycles. The van der Waals surface area contributed by atoms with Gasteiger partial charge in [-0.25, -0.2) is 4.99 Å². The number of anilines is 1. The van der Waals surface area contributed by atoms with Crippen molar-refractivity contribution in [3.63, 3.8) is 0 Å². The number of aliphatic imine (C=N–C) groups is 2. The van der Waals surface area contributed by atoms with Crippen LogP contribution in [0.4, 0.5) is 5.69 Å². The van der Waals surface area contributed by atoms with Gasteiger partial charge < -0.3 is 5.32 Å². The highest BCUT2D eigenvalue weighted by atomic mass is 79.9. The Hall–Kier alpha value is -1.92. The van der Waals surface area contributed by atoms with Crippen molar-refractivity contribution in [1.82, 2.24) is 0 Å². The summed E-state index contributed by atoms with van der Waals surface area (Å²) in [5.41, 5.74) is 4.61. The summed E-state index contributed by atoms with van der Waals surface area (Å²) >= 11 is 4.91. The number of thioether (sulfide) groups is 1. The van der Waals surface area contributed by atoms with Gasteiger partial charge in [-0.3, -0.25) is 9.79 Å². The summed E-state index contributed by atoms with van der Waals surface area (Å²) in [6.07, 6.45) is 0.811. The van der Waals surface area contributed by atoms with Gasteiger partial charge in [0.15, 0.2) is 0 Å². The van der Waals surface area contributed by atoms with Gasteiger partial charge in [0.2, 0.25) is 5.91 Å². The minimum Gasteiger partial charge on any atom is -0.325 e. The Bertz CT molecular complexity index is 953. The second-order valence-electron chi connectivity index (χ2n) is 7.09. The van der Waals surface area contributed by atoms with Crippen molar-refractivity contribution < 1.29 is 4.79 Å². The van der Waals surface area contributed by atoms with Crippen LogP contribution in [-0.2, 0) is 4.79 Å². The predicted molar refractivity (Wildman–Crippen MR) is 124 cm³/mol. The first-order chi connectivity index (χ1) is 13.3. The van der Waals surface area contributed by atoms with Gasteiger partial charge in [-0.1, -0.05) is 52.8 Å². The molecule has 0 aliphatic carbocycles. The van der Waals surface area contributed by atoms with E-state index in [4.69, 9.17) is 9.98 Å². The Morgan fingerprint density at radius 2 is 1.82 bits per heavy atom. The standard InChI is InChI=1S/C22H24BrN3OS/c1-5-22(4)25-20(16-7-9-17(23)10-8-16)21(26-22)28-13-19(27)24-18-11-6-14(2)15(3)12-18/h6-12H,5,13H2,1-4H3,(H,24,27)/t22-/m0/s1. The topological polar surface area (TPSA) is 53.8 Å². The van der Waals surface area contributed by atoms with Gasteiger partial charge >= 0.3 is 0 Å². The zero-order valence-electron chi connectivity index (χ0n) is 16.5. The zero-order chi connectivity index (χ0) is 20.3. The lowest BCUT2D eigenvalue weighted by atomic mass is 10.1. The number of nitrogens with zero attached hydrogens (tertiary/aromatic N) is 2. The van der Waals surface area contributed by atoms with Crippen molar-refractivity contribution in [2.75, 3.05) is 11.1 Å². The average Bonchev–Trinajstić information content (AvgIpc) is 3.01. The van der Waals surface area contributed by atoms with Gasteiger partial charge in [-0.2, -0.15) is 0 Å². The Balaban J connectivity index is 1.71. The number of rotatable bonds is 5. The van der Waals surface area contributed by atoms with Crippen molar-refractivity contribution in [3.8, 4) is 0 Å². The van der Waals surface area contributed by atoms with Crippen LogP contribution in [0.3, 0.4) is 0 Å². The van der Waals surface area contributed by atoms with E-state index in [0.717, 1.165) is 38.5 Å². The third kappa shape index (κ3) is 4.92. The molecule has 6 heteroatoms. The molecular formula is C22H24BrN3OS. The lowest BCUT2D eigenvalue weighted by Crippen LogP contribution is -2.17. The first-order valence-electron chi connectivity index (χ1n) is 9.25. The van der Waals surface area contributed by atoms with Crippen molar-refractivity contribution in [2.45, 2.75) is 39.8 Å². The van der Waals surface area contributed by atoms with Crippen LogP contribution < -0.4 is 5.32 Å². The Kier molecular flexibility index (Phi) is 6.40. The fourth-order valence-corrected chi connectivity index (χ4v) is 3.96. The van der Waals surface area contributed by atoms with E-state index < -0.39 is 5.66 Å². The van der Waals surface area contributed by atoms with Crippen LogP contribution in [0.2, 0.25) is 0 Å². The molecule has 1 heterocycles. The van der Waals surface area contributed by atoms with Gasteiger partial charge in [0, 0.05) is 15.7 Å². The smallest absolute Gasteiger partial charge is 0.234 e. The molecule has 0 saturated carbocycles. The largest absolute Gasteiger partial charge is 0.325 e. The van der Waals surface area contributed by atoms with Crippen LogP contribution in [-0.4, -0.2) is 28.1 Å². The quantitative estimate of drug-likeness (QED) is 0.619. The summed E-state index contributed by atoms with van der Waals surface area (Å²) in [6.45, 7) is 8.20. The minimum absolute atomic E-state index is 0.0452. The molecule has 0 aromatic heterocycles. The van der Waals surface area contributed by atoms with E-state index in [2.05, 4.69) is 35.1 Å². The molecule has 0 bridgehead atoms. The van der Waals surface area contributed by atoms with Crippen LogP contribution in [0.1, 0.15) is 37.0 Å². The molecule has 0 saturated heterocycles. The van der Waals surface area contributed by atoms with Gasteiger partial charge in [-0.05, 0) is 62.6 Å². The minimum atomic E-state index is -0.463. The van der Waals surface area contributed by atoms with E-state index in [-0.39, 0.29) is 5.91 Å². The summed E-state index contributed by atoms with van der Waals surface area (Å²) in [5, 5.41) is 3.79. The summed E-state index contributed by atoms with van der Waals surface area (Å²) in [7, 11) is 0. The number of halogens is 1. The fourth-order valence-electron chi connectivity index (χ4n) is 2.79. The number of benzene rings is 2. The van der Waals surface area contributed by atoms with Gasteiger partial charge in [0.25, 0.3) is 0 Å². The lowest BCUT2D eigenvalue weighted by molar-refractivity contribution is -0.113. The van der Waals surface area contributed by atoms with Crippen LogP contribution in [0.15, 0.2) is 56.9 Å². The first kappa shape index (κ1) is 20.8. The Morgan fingerprint density at radius 1 is 1.11 bits per heavy atom. The molecule has 2 aromatic carbocycles. The van der Waals surface area contributed by atoms with E-state index in [1.54, 1.807) is 0 Å². The number of amides is 1. The highest BCUT2D eigenvalue weighted by Crippen LogP contribution is 2.30.